The highest BCUT2D eigenvalue weighted by atomic mass is 19.4. The fourth-order valence-corrected chi connectivity index (χ4v) is 2.91. The van der Waals surface area contributed by atoms with Gasteiger partial charge in [0.05, 0.1) is 11.6 Å². The van der Waals surface area contributed by atoms with Gasteiger partial charge in [-0.2, -0.15) is 13.2 Å². The molecular formula is C16H21F3N4O. The molecule has 1 saturated carbocycles. The Morgan fingerprint density at radius 2 is 1.96 bits per heavy atom. The Balaban J connectivity index is 1.62. The third kappa shape index (κ3) is 3.80. The molecular weight excluding hydrogens is 321 g/mol. The maximum absolute atomic E-state index is 13.1. The van der Waals surface area contributed by atoms with Crippen molar-refractivity contribution in [1.82, 2.24) is 15.2 Å². The lowest BCUT2D eigenvalue weighted by molar-refractivity contribution is -0.137. The average Bonchev–Trinajstić information content (AvgIpc) is 3.37. The summed E-state index contributed by atoms with van der Waals surface area (Å²) in [5.74, 6) is -0.0282. The number of hydrogen-bond donors (Lipinski definition) is 1. The van der Waals surface area contributed by atoms with Crippen LogP contribution in [0.3, 0.4) is 0 Å². The number of carbonyl (C=O) groups is 1. The van der Waals surface area contributed by atoms with E-state index in [1.807, 2.05) is 11.8 Å². The summed E-state index contributed by atoms with van der Waals surface area (Å²) in [4.78, 5) is 19.7. The molecule has 5 nitrogen and oxygen atoms in total. The molecule has 1 aliphatic carbocycles. The van der Waals surface area contributed by atoms with Gasteiger partial charge in [-0.15, -0.1) is 0 Å². The number of amides is 1. The van der Waals surface area contributed by atoms with Crippen molar-refractivity contribution in [2.24, 2.45) is 0 Å². The molecule has 2 heterocycles. The van der Waals surface area contributed by atoms with Gasteiger partial charge in [0.15, 0.2) is 0 Å². The van der Waals surface area contributed by atoms with Gasteiger partial charge in [0.2, 0.25) is 5.91 Å². The molecule has 3 rings (SSSR count). The van der Waals surface area contributed by atoms with Crippen LogP contribution in [-0.2, 0) is 11.0 Å². The number of nitrogens with zero attached hydrogens (tertiary/aromatic N) is 3. The molecule has 1 saturated heterocycles. The van der Waals surface area contributed by atoms with Crippen molar-refractivity contribution in [3.8, 4) is 0 Å². The highest BCUT2D eigenvalue weighted by molar-refractivity contribution is 5.81. The second kappa shape index (κ2) is 6.58. The van der Waals surface area contributed by atoms with E-state index in [2.05, 4.69) is 10.3 Å². The average molecular weight is 342 g/mol. The summed E-state index contributed by atoms with van der Waals surface area (Å²) in [6.45, 7) is 3.75. The fourth-order valence-electron chi connectivity index (χ4n) is 2.91. The number of nitrogens with one attached hydrogen (secondary N) is 1. The van der Waals surface area contributed by atoms with Gasteiger partial charge in [0.1, 0.15) is 5.82 Å². The lowest BCUT2D eigenvalue weighted by Crippen LogP contribution is -2.54. The number of aromatic nitrogens is 1. The summed E-state index contributed by atoms with van der Waals surface area (Å²) in [7, 11) is 0. The van der Waals surface area contributed by atoms with Crippen LogP contribution in [0.4, 0.5) is 19.0 Å². The highest BCUT2D eigenvalue weighted by Gasteiger charge is 2.37. The van der Waals surface area contributed by atoms with Crippen molar-refractivity contribution in [1.29, 1.82) is 0 Å². The van der Waals surface area contributed by atoms with Crippen LogP contribution < -0.4 is 10.2 Å². The summed E-state index contributed by atoms with van der Waals surface area (Å²) in [6, 6.07) is 2.40. The zero-order chi connectivity index (χ0) is 17.3. The molecule has 0 radical (unpaired) electrons. The highest BCUT2D eigenvalue weighted by Crippen LogP contribution is 2.35. The SMILES string of the molecule is CC(C(=O)NC1CC1)N1CCN(c2ncccc2C(F)(F)F)CC1. The predicted octanol–water partition coefficient (Wildman–Crippen LogP) is 1.89. The van der Waals surface area contributed by atoms with E-state index in [9.17, 15) is 18.0 Å². The molecule has 2 aliphatic rings. The van der Waals surface area contributed by atoms with E-state index in [1.54, 1.807) is 4.90 Å². The smallest absolute Gasteiger partial charge is 0.354 e. The third-order valence-corrected chi connectivity index (χ3v) is 4.56. The standard InChI is InChI=1S/C16H21F3N4O/c1-11(15(24)21-12-4-5-12)22-7-9-23(10-8-22)14-13(16(17,18)19)3-2-6-20-14/h2-3,6,11-12H,4-5,7-10H2,1H3,(H,21,24). The van der Waals surface area contributed by atoms with Crippen LogP contribution in [-0.4, -0.2) is 54.1 Å². The molecule has 1 atom stereocenters. The molecule has 1 aliphatic heterocycles. The minimum Gasteiger partial charge on any atom is -0.354 e. The second-order valence-corrected chi connectivity index (χ2v) is 6.35. The van der Waals surface area contributed by atoms with E-state index in [1.165, 1.54) is 12.3 Å². The fraction of sp³-hybridized carbons (Fsp3) is 0.625. The number of pyridine rings is 1. The van der Waals surface area contributed by atoms with Gasteiger partial charge in [0.25, 0.3) is 0 Å². The van der Waals surface area contributed by atoms with Crippen LogP contribution in [0.5, 0.6) is 0 Å². The minimum absolute atomic E-state index is 0.000216. The van der Waals surface area contributed by atoms with Crippen molar-refractivity contribution >= 4 is 11.7 Å². The van der Waals surface area contributed by atoms with Crippen molar-refractivity contribution in [3.63, 3.8) is 0 Å². The maximum Gasteiger partial charge on any atom is 0.419 e. The van der Waals surface area contributed by atoms with Crippen LogP contribution in [0.1, 0.15) is 25.3 Å². The van der Waals surface area contributed by atoms with E-state index in [0.717, 1.165) is 18.9 Å². The summed E-state index contributed by atoms with van der Waals surface area (Å²) in [6.07, 6.45) is -0.973. The number of anilines is 1. The molecule has 2 fully saturated rings. The molecule has 1 amide bonds. The summed E-state index contributed by atoms with van der Waals surface area (Å²) in [5, 5.41) is 2.97. The zero-order valence-corrected chi connectivity index (χ0v) is 13.5. The van der Waals surface area contributed by atoms with E-state index >= 15 is 0 Å². The summed E-state index contributed by atoms with van der Waals surface area (Å²) in [5.41, 5.74) is -0.710. The molecule has 1 aromatic heterocycles. The first kappa shape index (κ1) is 17.0. The number of carbonyl (C=O) groups excluding carboxylic acids is 1. The molecule has 1 unspecified atom stereocenters. The zero-order valence-electron chi connectivity index (χ0n) is 13.5. The van der Waals surface area contributed by atoms with E-state index in [0.29, 0.717) is 32.2 Å². The number of rotatable bonds is 4. The van der Waals surface area contributed by atoms with Crippen LogP contribution in [0.15, 0.2) is 18.3 Å². The first-order valence-corrected chi connectivity index (χ1v) is 8.18. The summed E-state index contributed by atoms with van der Waals surface area (Å²) >= 11 is 0. The minimum atomic E-state index is -4.42. The van der Waals surface area contributed by atoms with Gasteiger partial charge in [-0.1, -0.05) is 0 Å². The number of halogens is 3. The molecule has 0 aromatic carbocycles. The molecule has 1 N–H and O–H groups in total. The second-order valence-electron chi connectivity index (χ2n) is 6.35. The molecule has 8 heteroatoms. The van der Waals surface area contributed by atoms with Crippen molar-refractivity contribution in [2.75, 3.05) is 31.1 Å². The van der Waals surface area contributed by atoms with E-state index < -0.39 is 11.7 Å². The van der Waals surface area contributed by atoms with Crippen LogP contribution in [0.2, 0.25) is 0 Å². The van der Waals surface area contributed by atoms with Crippen LogP contribution >= 0.6 is 0 Å². The first-order chi connectivity index (χ1) is 11.4. The molecule has 132 valence electrons. The number of hydrogen-bond acceptors (Lipinski definition) is 4. The van der Waals surface area contributed by atoms with Crippen LogP contribution in [0.25, 0.3) is 0 Å². The Kier molecular flexibility index (Phi) is 4.67. The van der Waals surface area contributed by atoms with Crippen molar-refractivity contribution in [3.05, 3.63) is 23.9 Å². The molecule has 1 aromatic rings. The van der Waals surface area contributed by atoms with Gasteiger partial charge in [-0.3, -0.25) is 9.69 Å². The largest absolute Gasteiger partial charge is 0.419 e. The van der Waals surface area contributed by atoms with Gasteiger partial charge < -0.3 is 10.2 Å². The summed E-state index contributed by atoms with van der Waals surface area (Å²) < 4.78 is 39.3. The lowest BCUT2D eigenvalue weighted by atomic mass is 10.2. The normalized spacial score (nSPS) is 20.8. The van der Waals surface area contributed by atoms with Gasteiger partial charge >= 0.3 is 6.18 Å². The maximum atomic E-state index is 13.1. The van der Waals surface area contributed by atoms with Crippen molar-refractivity contribution in [2.45, 2.75) is 38.0 Å². The molecule has 24 heavy (non-hydrogen) atoms. The molecule has 0 spiro atoms. The molecule has 0 bridgehead atoms. The quantitative estimate of drug-likeness (QED) is 0.908. The number of piperazine rings is 1. The third-order valence-electron chi connectivity index (χ3n) is 4.56. The van der Waals surface area contributed by atoms with Gasteiger partial charge in [-0.25, -0.2) is 4.98 Å². The first-order valence-electron chi connectivity index (χ1n) is 8.18. The Bertz CT molecular complexity index is 595. The monoisotopic (exact) mass is 342 g/mol. The van der Waals surface area contributed by atoms with E-state index in [-0.39, 0.29) is 17.8 Å². The Hall–Kier alpha value is -1.83. The number of alkyl halides is 3. The Labute approximate surface area is 138 Å². The van der Waals surface area contributed by atoms with Gasteiger partial charge in [-0.05, 0) is 31.9 Å². The topological polar surface area (TPSA) is 48.5 Å². The van der Waals surface area contributed by atoms with Crippen molar-refractivity contribution < 1.29 is 18.0 Å². The van der Waals surface area contributed by atoms with Crippen LogP contribution in [0, 0.1) is 0 Å². The Morgan fingerprint density at radius 1 is 1.29 bits per heavy atom. The lowest BCUT2D eigenvalue weighted by Gasteiger charge is -2.38. The predicted molar refractivity (Wildman–Crippen MR) is 83.7 cm³/mol. The van der Waals surface area contributed by atoms with Gasteiger partial charge in [0, 0.05) is 38.4 Å². The Morgan fingerprint density at radius 3 is 2.54 bits per heavy atom. The van der Waals surface area contributed by atoms with E-state index in [4.69, 9.17) is 0 Å².